The summed E-state index contributed by atoms with van der Waals surface area (Å²) in [5.41, 5.74) is 4.06. The Balaban J connectivity index is 2.06. The molecule has 0 unspecified atom stereocenters. The number of carbonyl (C=O) groups is 1. The van der Waals surface area contributed by atoms with Crippen molar-refractivity contribution in [3.63, 3.8) is 0 Å². The Morgan fingerprint density at radius 2 is 2.03 bits per heavy atom. The number of H-pyrrole nitrogens is 1. The highest BCUT2D eigenvalue weighted by Gasteiger charge is 2.25. The highest BCUT2D eigenvalue weighted by molar-refractivity contribution is 5.95. The number of nitrogen functional groups attached to an aromatic ring is 1. The van der Waals surface area contributed by atoms with Gasteiger partial charge in [-0.3, -0.25) is 28.5 Å². The number of benzene rings is 1. The van der Waals surface area contributed by atoms with Gasteiger partial charge in [-0.05, 0) is 24.1 Å². The van der Waals surface area contributed by atoms with Crippen LogP contribution in [0.1, 0.15) is 13.8 Å². The molecule has 0 bridgehead atoms. The standard InChI is InChI=1S/C21H25FN6O5/c1-12(2)9-28-18(23)17(19(30)25-21(28)32)27(6-7-33-3)16(29)10-26-11-24-15-5-4-13(22)8-14(15)20(26)31/h4-5,8,11-12H,6-7,9-10,23H2,1-3H3,(H,25,30,32). The van der Waals surface area contributed by atoms with Crippen LogP contribution in [-0.2, 0) is 22.6 Å². The van der Waals surface area contributed by atoms with E-state index in [4.69, 9.17) is 10.5 Å². The lowest BCUT2D eigenvalue weighted by atomic mass is 10.2. The summed E-state index contributed by atoms with van der Waals surface area (Å²) in [7, 11) is 1.42. The van der Waals surface area contributed by atoms with E-state index in [2.05, 4.69) is 9.97 Å². The van der Waals surface area contributed by atoms with Gasteiger partial charge in [0.2, 0.25) is 5.91 Å². The highest BCUT2D eigenvalue weighted by atomic mass is 19.1. The van der Waals surface area contributed by atoms with Gasteiger partial charge in [-0.2, -0.15) is 0 Å². The molecule has 176 valence electrons. The molecule has 0 aliphatic rings. The van der Waals surface area contributed by atoms with Crippen molar-refractivity contribution >= 4 is 28.3 Å². The molecule has 2 heterocycles. The molecule has 1 aromatic carbocycles. The molecule has 3 rings (SSSR count). The summed E-state index contributed by atoms with van der Waals surface area (Å²) in [6.45, 7) is 3.46. The molecule has 2 aromatic heterocycles. The number of nitrogens with zero attached hydrogens (tertiary/aromatic N) is 4. The van der Waals surface area contributed by atoms with Crippen LogP contribution in [0.2, 0.25) is 0 Å². The Labute approximate surface area is 187 Å². The number of anilines is 2. The SMILES string of the molecule is COCCN(C(=O)Cn1cnc2ccc(F)cc2c1=O)c1c(N)n(CC(C)C)c(=O)[nH]c1=O. The summed E-state index contributed by atoms with van der Waals surface area (Å²) in [6.07, 6.45) is 1.17. The van der Waals surface area contributed by atoms with Gasteiger partial charge in [-0.25, -0.2) is 14.2 Å². The van der Waals surface area contributed by atoms with Gasteiger partial charge < -0.3 is 15.4 Å². The first-order chi connectivity index (χ1) is 15.6. The second-order valence-corrected chi connectivity index (χ2v) is 7.87. The molecule has 3 aromatic rings. The van der Waals surface area contributed by atoms with Crippen LogP contribution in [0.15, 0.2) is 38.9 Å². The summed E-state index contributed by atoms with van der Waals surface area (Å²) in [5.74, 6) is -1.42. The lowest BCUT2D eigenvalue weighted by Crippen LogP contribution is -2.44. The van der Waals surface area contributed by atoms with Crippen LogP contribution in [0.5, 0.6) is 0 Å². The van der Waals surface area contributed by atoms with Gasteiger partial charge >= 0.3 is 5.69 Å². The van der Waals surface area contributed by atoms with Gasteiger partial charge in [0.25, 0.3) is 11.1 Å². The molecule has 0 saturated heterocycles. The van der Waals surface area contributed by atoms with Crippen molar-refractivity contribution in [1.82, 2.24) is 19.1 Å². The maximum Gasteiger partial charge on any atom is 0.330 e. The summed E-state index contributed by atoms with van der Waals surface area (Å²) >= 11 is 0. The van der Waals surface area contributed by atoms with E-state index in [1.54, 1.807) is 0 Å². The fourth-order valence-corrected chi connectivity index (χ4v) is 3.40. The van der Waals surface area contributed by atoms with Crippen LogP contribution in [0.25, 0.3) is 10.9 Å². The number of amides is 1. The Bertz CT molecular complexity index is 1360. The fourth-order valence-electron chi connectivity index (χ4n) is 3.40. The molecule has 0 atom stereocenters. The molecular weight excluding hydrogens is 435 g/mol. The van der Waals surface area contributed by atoms with Crippen molar-refractivity contribution < 1.29 is 13.9 Å². The summed E-state index contributed by atoms with van der Waals surface area (Å²) < 4.78 is 20.8. The Hall–Kier alpha value is -3.80. The van der Waals surface area contributed by atoms with Crippen LogP contribution in [-0.4, -0.2) is 45.3 Å². The number of aromatic amines is 1. The largest absolute Gasteiger partial charge is 0.383 e. The number of carbonyl (C=O) groups excluding carboxylic acids is 1. The third kappa shape index (κ3) is 5.00. The fraction of sp³-hybridized carbons (Fsp3) is 0.381. The van der Waals surface area contributed by atoms with Gasteiger partial charge in [0.05, 0.1) is 23.8 Å². The Morgan fingerprint density at radius 3 is 2.70 bits per heavy atom. The number of aromatic nitrogens is 4. The van der Waals surface area contributed by atoms with E-state index in [-0.39, 0.29) is 48.0 Å². The number of nitrogens with one attached hydrogen (secondary N) is 1. The zero-order chi connectivity index (χ0) is 24.3. The minimum atomic E-state index is -0.840. The topological polar surface area (TPSA) is 145 Å². The summed E-state index contributed by atoms with van der Waals surface area (Å²) in [5, 5.41) is 0.0107. The number of hydrogen-bond acceptors (Lipinski definition) is 7. The Morgan fingerprint density at radius 1 is 1.30 bits per heavy atom. The molecule has 0 aliphatic heterocycles. The maximum atomic E-state index is 13.6. The molecule has 11 nitrogen and oxygen atoms in total. The minimum Gasteiger partial charge on any atom is -0.383 e. The first-order valence-corrected chi connectivity index (χ1v) is 10.2. The van der Waals surface area contributed by atoms with E-state index in [1.165, 1.54) is 30.1 Å². The second kappa shape index (κ2) is 9.77. The number of nitrogens with two attached hydrogens (primary N) is 1. The number of rotatable bonds is 8. The molecule has 0 fully saturated rings. The number of fused-ring (bicyclic) bond motifs is 1. The van der Waals surface area contributed by atoms with Crippen LogP contribution in [0.3, 0.4) is 0 Å². The number of ether oxygens (including phenoxy) is 1. The van der Waals surface area contributed by atoms with Crippen LogP contribution < -0.4 is 27.4 Å². The van der Waals surface area contributed by atoms with E-state index in [0.717, 1.165) is 15.5 Å². The first kappa shape index (κ1) is 23.9. The van der Waals surface area contributed by atoms with E-state index < -0.39 is 35.1 Å². The third-order valence-corrected chi connectivity index (χ3v) is 4.94. The molecular formula is C21H25FN6O5. The summed E-state index contributed by atoms with van der Waals surface area (Å²) in [4.78, 5) is 58.2. The molecule has 0 spiro atoms. The lowest BCUT2D eigenvalue weighted by Gasteiger charge is -2.25. The van der Waals surface area contributed by atoms with Crippen molar-refractivity contribution in [2.45, 2.75) is 26.9 Å². The predicted octanol–water partition coefficient (Wildman–Crippen LogP) is 0.303. The third-order valence-electron chi connectivity index (χ3n) is 4.94. The van der Waals surface area contributed by atoms with Crippen molar-refractivity contribution in [1.29, 1.82) is 0 Å². The number of halogens is 1. The zero-order valence-corrected chi connectivity index (χ0v) is 18.5. The summed E-state index contributed by atoms with van der Waals surface area (Å²) in [6, 6.07) is 3.58. The van der Waals surface area contributed by atoms with E-state index in [9.17, 15) is 23.6 Å². The quantitative estimate of drug-likeness (QED) is 0.492. The van der Waals surface area contributed by atoms with Crippen molar-refractivity contribution in [2.24, 2.45) is 5.92 Å². The van der Waals surface area contributed by atoms with Crippen LogP contribution >= 0.6 is 0 Å². The highest BCUT2D eigenvalue weighted by Crippen LogP contribution is 2.18. The number of methoxy groups -OCH3 is 1. The average Bonchev–Trinajstić information content (AvgIpc) is 2.75. The normalized spacial score (nSPS) is 11.3. The lowest BCUT2D eigenvalue weighted by molar-refractivity contribution is -0.119. The van der Waals surface area contributed by atoms with Crippen LogP contribution in [0, 0.1) is 11.7 Å². The van der Waals surface area contributed by atoms with Gasteiger partial charge in [0.15, 0.2) is 5.69 Å². The molecule has 1 amide bonds. The van der Waals surface area contributed by atoms with E-state index in [1.807, 2.05) is 13.8 Å². The monoisotopic (exact) mass is 460 g/mol. The van der Waals surface area contributed by atoms with Gasteiger partial charge in [-0.15, -0.1) is 0 Å². The smallest absolute Gasteiger partial charge is 0.330 e. The molecule has 12 heteroatoms. The van der Waals surface area contributed by atoms with Crippen molar-refractivity contribution in [3.05, 3.63) is 61.5 Å². The second-order valence-electron chi connectivity index (χ2n) is 7.87. The average molecular weight is 460 g/mol. The van der Waals surface area contributed by atoms with Crippen molar-refractivity contribution in [2.75, 3.05) is 30.9 Å². The first-order valence-electron chi connectivity index (χ1n) is 10.2. The minimum absolute atomic E-state index is 0.0107. The predicted molar refractivity (Wildman–Crippen MR) is 121 cm³/mol. The van der Waals surface area contributed by atoms with Gasteiger partial charge in [0.1, 0.15) is 18.2 Å². The van der Waals surface area contributed by atoms with Crippen LogP contribution in [0.4, 0.5) is 15.9 Å². The molecule has 0 aliphatic carbocycles. The van der Waals surface area contributed by atoms with E-state index in [0.29, 0.717) is 0 Å². The number of hydrogen-bond donors (Lipinski definition) is 2. The van der Waals surface area contributed by atoms with E-state index >= 15 is 0 Å². The molecule has 0 radical (unpaired) electrons. The van der Waals surface area contributed by atoms with Crippen molar-refractivity contribution in [3.8, 4) is 0 Å². The molecule has 0 saturated carbocycles. The maximum absolute atomic E-state index is 13.6. The molecule has 33 heavy (non-hydrogen) atoms. The Kier molecular flexibility index (Phi) is 7.07. The van der Waals surface area contributed by atoms with Gasteiger partial charge in [-0.1, -0.05) is 13.8 Å². The van der Waals surface area contributed by atoms with Gasteiger partial charge in [0, 0.05) is 20.2 Å². The zero-order valence-electron chi connectivity index (χ0n) is 18.5. The molecule has 3 N–H and O–H groups in total.